The minimum absolute atomic E-state index is 0.671. The summed E-state index contributed by atoms with van der Waals surface area (Å²) >= 11 is 0. The molecule has 0 saturated carbocycles. The Balaban J connectivity index is 2.56. The van der Waals surface area contributed by atoms with Crippen LogP contribution in [0, 0.1) is 5.92 Å². The van der Waals surface area contributed by atoms with E-state index in [1.54, 1.807) is 6.20 Å². The van der Waals surface area contributed by atoms with Gasteiger partial charge >= 0.3 is 0 Å². The predicted octanol–water partition coefficient (Wildman–Crippen LogP) is 1.75. The lowest BCUT2D eigenvalue weighted by molar-refractivity contribution is 0.286. The molecule has 1 rings (SSSR count). The van der Waals surface area contributed by atoms with Crippen molar-refractivity contribution < 1.29 is 0 Å². The second kappa shape index (κ2) is 4.96. The van der Waals surface area contributed by atoms with E-state index in [4.69, 9.17) is 5.73 Å². The molecule has 0 atom stereocenters. The molecule has 0 aliphatic carbocycles. The molecule has 0 aliphatic rings. The van der Waals surface area contributed by atoms with Gasteiger partial charge < -0.3 is 10.6 Å². The third-order valence-electron chi connectivity index (χ3n) is 2.02. The molecule has 2 N–H and O–H groups in total. The minimum atomic E-state index is 0.671. The Morgan fingerprint density at radius 2 is 2.21 bits per heavy atom. The molecule has 0 radical (unpaired) electrons. The molecule has 1 aromatic heterocycles. The normalized spacial score (nSPS) is 11.2. The summed E-state index contributed by atoms with van der Waals surface area (Å²) in [4.78, 5) is 6.50. The number of nitrogens with zero attached hydrogens (tertiary/aromatic N) is 2. The van der Waals surface area contributed by atoms with Crippen LogP contribution in [0.3, 0.4) is 0 Å². The summed E-state index contributed by atoms with van der Waals surface area (Å²) in [6.07, 6.45) is 1.79. The molecular formula is C11H19N3. The molecular weight excluding hydrogens is 174 g/mol. The van der Waals surface area contributed by atoms with Crippen LogP contribution in [0.4, 0.5) is 5.69 Å². The number of anilines is 1. The Hall–Kier alpha value is -1.09. The van der Waals surface area contributed by atoms with Crippen LogP contribution in [0.5, 0.6) is 0 Å². The molecule has 3 heteroatoms. The SMILES string of the molecule is CC(C)CN(C)Cc1ncccc1N. The summed E-state index contributed by atoms with van der Waals surface area (Å²) in [7, 11) is 2.09. The molecule has 78 valence electrons. The molecule has 0 spiro atoms. The standard InChI is InChI=1S/C11H19N3/c1-9(2)7-14(3)8-11-10(12)5-4-6-13-11/h4-6,9H,7-8,12H2,1-3H3. The van der Waals surface area contributed by atoms with E-state index in [2.05, 4.69) is 30.8 Å². The molecule has 0 amide bonds. The van der Waals surface area contributed by atoms with E-state index in [1.807, 2.05) is 12.1 Å². The molecule has 3 nitrogen and oxygen atoms in total. The average Bonchev–Trinajstić information content (AvgIpc) is 2.07. The van der Waals surface area contributed by atoms with E-state index in [9.17, 15) is 0 Å². The second-order valence-corrected chi connectivity index (χ2v) is 4.13. The van der Waals surface area contributed by atoms with Crippen LogP contribution < -0.4 is 5.73 Å². The van der Waals surface area contributed by atoms with E-state index in [-0.39, 0.29) is 0 Å². The van der Waals surface area contributed by atoms with Gasteiger partial charge in [0.15, 0.2) is 0 Å². The third kappa shape index (κ3) is 3.34. The van der Waals surface area contributed by atoms with Gasteiger partial charge in [-0.2, -0.15) is 0 Å². The summed E-state index contributed by atoms with van der Waals surface area (Å²) in [6, 6.07) is 3.76. The zero-order valence-corrected chi connectivity index (χ0v) is 9.20. The highest BCUT2D eigenvalue weighted by Gasteiger charge is 2.05. The third-order valence-corrected chi connectivity index (χ3v) is 2.02. The topological polar surface area (TPSA) is 42.2 Å². The Morgan fingerprint density at radius 3 is 2.79 bits per heavy atom. The highest BCUT2D eigenvalue weighted by molar-refractivity contribution is 5.41. The van der Waals surface area contributed by atoms with Crippen molar-refractivity contribution in [2.45, 2.75) is 20.4 Å². The molecule has 0 saturated heterocycles. The molecule has 0 aliphatic heterocycles. The molecule has 0 aromatic carbocycles. The van der Waals surface area contributed by atoms with Crippen LogP contribution in [-0.4, -0.2) is 23.5 Å². The minimum Gasteiger partial charge on any atom is -0.397 e. The van der Waals surface area contributed by atoms with Gasteiger partial charge in [0, 0.05) is 19.3 Å². The first-order chi connectivity index (χ1) is 6.59. The van der Waals surface area contributed by atoms with Crippen LogP contribution in [0.25, 0.3) is 0 Å². The lowest BCUT2D eigenvalue weighted by Gasteiger charge is -2.18. The average molecular weight is 193 g/mol. The summed E-state index contributed by atoms with van der Waals surface area (Å²) < 4.78 is 0. The van der Waals surface area contributed by atoms with E-state index in [1.165, 1.54) is 0 Å². The maximum atomic E-state index is 5.81. The van der Waals surface area contributed by atoms with Gasteiger partial charge in [0.2, 0.25) is 0 Å². The lowest BCUT2D eigenvalue weighted by Crippen LogP contribution is -2.23. The van der Waals surface area contributed by atoms with Crippen LogP contribution in [0.15, 0.2) is 18.3 Å². The molecule has 0 bridgehead atoms. The first-order valence-electron chi connectivity index (χ1n) is 4.97. The molecule has 1 heterocycles. The van der Waals surface area contributed by atoms with Gasteiger partial charge in [-0.3, -0.25) is 4.98 Å². The van der Waals surface area contributed by atoms with Crippen LogP contribution in [-0.2, 0) is 6.54 Å². The Kier molecular flexibility index (Phi) is 3.89. The summed E-state index contributed by atoms with van der Waals surface area (Å²) in [6.45, 7) is 6.30. The van der Waals surface area contributed by atoms with Crippen LogP contribution >= 0.6 is 0 Å². The number of rotatable bonds is 4. The Morgan fingerprint density at radius 1 is 1.50 bits per heavy atom. The van der Waals surface area contributed by atoms with Gasteiger partial charge in [-0.15, -0.1) is 0 Å². The molecule has 0 fully saturated rings. The van der Waals surface area contributed by atoms with Crippen molar-refractivity contribution >= 4 is 5.69 Å². The summed E-state index contributed by atoms with van der Waals surface area (Å²) in [5.41, 5.74) is 7.56. The van der Waals surface area contributed by atoms with E-state index >= 15 is 0 Å². The lowest BCUT2D eigenvalue weighted by atomic mass is 10.2. The van der Waals surface area contributed by atoms with Crippen LogP contribution in [0.2, 0.25) is 0 Å². The Bertz CT molecular complexity index is 284. The van der Waals surface area contributed by atoms with Gasteiger partial charge in [-0.05, 0) is 25.1 Å². The smallest absolute Gasteiger partial charge is 0.0772 e. The van der Waals surface area contributed by atoms with Gasteiger partial charge in [-0.1, -0.05) is 13.8 Å². The highest BCUT2D eigenvalue weighted by atomic mass is 15.1. The number of nitrogen functional groups attached to an aromatic ring is 1. The van der Waals surface area contributed by atoms with E-state index in [0.717, 1.165) is 24.5 Å². The number of pyridine rings is 1. The quantitative estimate of drug-likeness (QED) is 0.792. The fourth-order valence-corrected chi connectivity index (χ4v) is 1.53. The first-order valence-corrected chi connectivity index (χ1v) is 4.97. The number of aromatic nitrogens is 1. The van der Waals surface area contributed by atoms with E-state index < -0.39 is 0 Å². The first kappa shape index (κ1) is 11.0. The highest BCUT2D eigenvalue weighted by Crippen LogP contribution is 2.10. The van der Waals surface area contributed by atoms with Gasteiger partial charge in [-0.25, -0.2) is 0 Å². The zero-order chi connectivity index (χ0) is 10.6. The maximum absolute atomic E-state index is 5.81. The molecule has 1 aromatic rings. The zero-order valence-electron chi connectivity index (χ0n) is 9.20. The number of hydrogen-bond acceptors (Lipinski definition) is 3. The second-order valence-electron chi connectivity index (χ2n) is 4.13. The van der Waals surface area contributed by atoms with Crippen molar-refractivity contribution in [3.8, 4) is 0 Å². The fraction of sp³-hybridized carbons (Fsp3) is 0.545. The number of hydrogen-bond donors (Lipinski definition) is 1. The molecule has 0 unspecified atom stereocenters. The van der Waals surface area contributed by atoms with Crippen molar-refractivity contribution in [3.05, 3.63) is 24.0 Å². The van der Waals surface area contributed by atoms with E-state index in [0.29, 0.717) is 5.92 Å². The van der Waals surface area contributed by atoms with Crippen molar-refractivity contribution in [1.29, 1.82) is 0 Å². The van der Waals surface area contributed by atoms with Crippen molar-refractivity contribution in [2.24, 2.45) is 5.92 Å². The van der Waals surface area contributed by atoms with Gasteiger partial charge in [0.1, 0.15) is 0 Å². The Labute approximate surface area is 85.9 Å². The number of nitrogens with two attached hydrogens (primary N) is 1. The summed E-state index contributed by atoms with van der Waals surface area (Å²) in [5.74, 6) is 0.671. The van der Waals surface area contributed by atoms with Crippen molar-refractivity contribution in [2.75, 3.05) is 19.3 Å². The fourth-order valence-electron chi connectivity index (χ4n) is 1.53. The van der Waals surface area contributed by atoms with Gasteiger partial charge in [0.05, 0.1) is 11.4 Å². The largest absolute Gasteiger partial charge is 0.397 e. The predicted molar refractivity (Wildman–Crippen MR) is 59.8 cm³/mol. The van der Waals surface area contributed by atoms with Crippen LogP contribution in [0.1, 0.15) is 19.5 Å². The monoisotopic (exact) mass is 193 g/mol. The maximum Gasteiger partial charge on any atom is 0.0772 e. The van der Waals surface area contributed by atoms with Gasteiger partial charge in [0.25, 0.3) is 0 Å². The molecule has 14 heavy (non-hydrogen) atoms. The van der Waals surface area contributed by atoms with Crippen molar-refractivity contribution in [3.63, 3.8) is 0 Å². The van der Waals surface area contributed by atoms with Crippen molar-refractivity contribution in [1.82, 2.24) is 9.88 Å². The summed E-state index contributed by atoms with van der Waals surface area (Å²) in [5, 5.41) is 0.